The first-order chi connectivity index (χ1) is 13.6. The molecule has 0 heterocycles. The van der Waals surface area contributed by atoms with Gasteiger partial charge in [0.1, 0.15) is 10.6 Å². The third-order valence-electron chi connectivity index (χ3n) is 4.30. The van der Waals surface area contributed by atoms with Gasteiger partial charge in [-0.2, -0.15) is 0 Å². The van der Waals surface area contributed by atoms with Gasteiger partial charge in [-0.05, 0) is 43.7 Å². The fourth-order valence-corrected chi connectivity index (χ4v) is 3.73. The van der Waals surface area contributed by atoms with E-state index in [1.54, 1.807) is 13.0 Å². The Morgan fingerprint density at radius 2 is 1.72 bits per heavy atom. The molecule has 0 radical (unpaired) electrons. The normalized spacial score (nSPS) is 11.4. The fraction of sp³-hybridized carbons (Fsp3) is 0.300. The zero-order valence-electron chi connectivity index (χ0n) is 16.9. The molecule has 156 valence electrons. The number of carbonyl (C=O) groups excluding carboxylic acids is 2. The van der Waals surface area contributed by atoms with Crippen molar-refractivity contribution in [2.24, 2.45) is 0 Å². The van der Waals surface area contributed by atoms with Gasteiger partial charge in [-0.25, -0.2) is 13.2 Å². The molecule has 0 aliphatic carbocycles. The Labute approximate surface area is 170 Å². The number of hydrogen-bond donors (Lipinski definition) is 0. The highest BCUT2D eigenvalue weighted by Crippen LogP contribution is 2.27. The highest BCUT2D eigenvalue weighted by molar-refractivity contribution is 7.89. The highest BCUT2D eigenvalue weighted by atomic mass is 32.2. The Bertz CT molecular complexity index is 1030. The van der Waals surface area contributed by atoms with Gasteiger partial charge in [0.2, 0.25) is 5.78 Å². The number of hydrogen-bond acceptors (Lipinski definition) is 7. The molecule has 0 unspecified atom stereocenters. The summed E-state index contributed by atoms with van der Waals surface area (Å²) in [5.41, 5.74) is 2.12. The fourth-order valence-electron chi connectivity index (χ4n) is 2.57. The van der Waals surface area contributed by atoms with Gasteiger partial charge >= 0.3 is 5.97 Å². The number of methoxy groups -OCH3 is 1. The van der Waals surface area contributed by atoms with Gasteiger partial charge in [0, 0.05) is 12.6 Å². The second-order valence-electron chi connectivity index (χ2n) is 6.28. The van der Waals surface area contributed by atoms with Gasteiger partial charge < -0.3 is 9.47 Å². The molecule has 2 aromatic rings. The number of rotatable bonds is 8. The van der Waals surface area contributed by atoms with Crippen molar-refractivity contribution in [2.75, 3.05) is 27.9 Å². The van der Waals surface area contributed by atoms with E-state index >= 15 is 0 Å². The minimum atomic E-state index is -4.06. The largest absolute Gasteiger partial charge is 0.495 e. The lowest BCUT2D eigenvalue weighted by atomic mass is 10.0. The van der Waals surface area contributed by atoms with Crippen LogP contribution in [-0.4, -0.2) is 52.5 Å². The maximum absolute atomic E-state index is 12.6. The maximum Gasteiger partial charge on any atom is 0.338 e. The molecule has 2 rings (SSSR count). The molecule has 9 heteroatoms. The summed E-state index contributed by atoms with van der Waals surface area (Å²) in [5.74, 6) is -1.14. The molecule has 0 fully saturated rings. The quantitative estimate of drug-likeness (QED) is 0.367. The molecule has 0 amide bonds. The first-order valence-corrected chi connectivity index (χ1v) is 10.0. The van der Waals surface area contributed by atoms with E-state index in [9.17, 15) is 18.0 Å². The van der Waals surface area contributed by atoms with Gasteiger partial charge in [-0.15, -0.1) is 0 Å². The van der Waals surface area contributed by atoms with E-state index in [1.807, 2.05) is 19.1 Å². The van der Waals surface area contributed by atoms with Crippen LogP contribution in [0, 0.1) is 13.8 Å². The number of Topliss-reactive ketones (excluding diaryl/α,β-unsaturated/α-hetero) is 1. The Kier molecular flexibility index (Phi) is 7.12. The molecule has 0 spiro atoms. The number of sulfonamides is 1. The van der Waals surface area contributed by atoms with Gasteiger partial charge in [0.05, 0.1) is 19.8 Å². The summed E-state index contributed by atoms with van der Waals surface area (Å²) in [4.78, 5) is 29.3. The molecule has 0 saturated carbocycles. The predicted molar refractivity (Wildman–Crippen MR) is 105 cm³/mol. The van der Waals surface area contributed by atoms with Crippen molar-refractivity contribution in [3.05, 3.63) is 58.7 Å². The smallest absolute Gasteiger partial charge is 0.338 e. The summed E-state index contributed by atoms with van der Waals surface area (Å²) in [5, 5.41) is 0. The number of nitrogens with zero attached hydrogens (tertiary/aromatic N) is 1. The molecule has 0 N–H and O–H groups in total. The van der Waals surface area contributed by atoms with Crippen molar-refractivity contribution in [1.82, 2.24) is 4.47 Å². The standard InChI is InChI=1S/C20H23NO7S/c1-13-6-7-14(2)16(10-13)17(22)12-28-20(23)15-8-9-18(26-4)19(11-15)29(24,25)21(3)27-5/h6-11H,12H2,1-5H3. The number of ketones is 1. The average molecular weight is 421 g/mol. The molecule has 0 saturated heterocycles. The lowest BCUT2D eigenvalue weighted by molar-refractivity contribution is -0.0259. The lowest BCUT2D eigenvalue weighted by Gasteiger charge is -2.17. The average Bonchev–Trinajstić information content (AvgIpc) is 2.72. The molecule has 29 heavy (non-hydrogen) atoms. The van der Waals surface area contributed by atoms with Crippen molar-refractivity contribution in [2.45, 2.75) is 18.7 Å². The molecule has 2 aromatic carbocycles. The number of ether oxygens (including phenoxy) is 2. The minimum absolute atomic E-state index is 0.0388. The molecule has 0 aliphatic rings. The van der Waals surface area contributed by atoms with Crippen LogP contribution >= 0.6 is 0 Å². The molecule has 0 aromatic heterocycles. The van der Waals surface area contributed by atoms with Crippen LogP contribution < -0.4 is 4.74 Å². The van der Waals surface area contributed by atoms with Crippen LogP contribution in [-0.2, 0) is 19.6 Å². The van der Waals surface area contributed by atoms with E-state index in [1.165, 1.54) is 33.4 Å². The van der Waals surface area contributed by atoms with Crippen LogP contribution in [0.5, 0.6) is 5.75 Å². The molecular formula is C20H23NO7S. The van der Waals surface area contributed by atoms with E-state index in [-0.39, 0.29) is 22.0 Å². The van der Waals surface area contributed by atoms with Crippen LogP contribution in [0.1, 0.15) is 31.8 Å². The number of hydroxylamine groups is 1. The Hall–Kier alpha value is -2.75. The summed E-state index contributed by atoms with van der Waals surface area (Å²) < 4.78 is 35.9. The second kappa shape index (κ2) is 9.17. The van der Waals surface area contributed by atoms with Crippen molar-refractivity contribution in [3.63, 3.8) is 0 Å². The second-order valence-corrected chi connectivity index (χ2v) is 8.18. The highest BCUT2D eigenvalue weighted by Gasteiger charge is 2.27. The number of carbonyl (C=O) groups is 2. The Morgan fingerprint density at radius 1 is 1.03 bits per heavy atom. The lowest BCUT2D eigenvalue weighted by Crippen LogP contribution is -2.26. The van der Waals surface area contributed by atoms with Crippen molar-refractivity contribution < 1.29 is 32.3 Å². The third-order valence-corrected chi connectivity index (χ3v) is 6.00. The molecular weight excluding hydrogens is 398 g/mol. The number of benzene rings is 2. The summed E-state index contributed by atoms with van der Waals surface area (Å²) in [7, 11) is -0.347. The van der Waals surface area contributed by atoms with Crippen molar-refractivity contribution >= 4 is 21.8 Å². The first-order valence-electron chi connectivity index (χ1n) is 8.60. The first kappa shape index (κ1) is 22.5. The van der Waals surface area contributed by atoms with Crippen LogP contribution in [0.4, 0.5) is 0 Å². The van der Waals surface area contributed by atoms with E-state index in [4.69, 9.17) is 14.3 Å². The summed E-state index contributed by atoms with van der Waals surface area (Å²) in [6.45, 7) is 3.19. The monoisotopic (exact) mass is 421 g/mol. The molecule has 0 aliphatic heterocycles. The van der Waals surface area contributed by atoms with E-state index in [0.717, 1.165) is 17.2 Å². The third kappa shape index (κ3) is 5.00. The molecule has 0 atom stereocenters. The SMILES string of the molecule is COc1ccc(C(=O)OCC(=O)c2cc(C)ccc2C)cc1S(=O)(=O)N(C)OC. The van der Waals surface area contributed by atoms with Crippen molar-refractivity contribution in [3.8, 4) is 5.75 Å². The van der Waals surface area contributed by atoms with Crippen LogP contribution in [0.3, 0.4) is 0 Å². The molecule has 0 bridgehead atoms. The zero-order chi connectivity index (χ0) is 21.8. The predicted octanol–water partition coefficient (Wildman–Crippen LogP) is 2.53. The topological polar surface area (TPSA) is 99.2 Å². The van der Waals surface area contributed by atoms with Gasteiger partial charge in [0.15, 0.2) is 6.61 Å². The van der Waals surface area contributed by atoms with Crippen LogP contribution in [0.15, 0.2) is 41.3 Å². The zero-order valence-corrected chi connectivity index (χ0v) is 17.7. The summed E-state index contributed by atoms with van der Waals surface area (Å²) in [6.07, 6.45) is 0. The van der Waals surface area contributed by atoms with E-state index < -0.39 is 22.6 Å². The van der Waals surface area contributed by atoms with Crippen LogP contribution in [0.25, 0.3) is 0 Å². The van der Waals surface area contributed by atoms with Gasteiger partial charge in [-0.3, -0.25) is 9.63 Å². The Morgan fingerprint density at radius 3 is 2.34 bits per heavy atom. The minimum Gasteiger partial charge on any atom is -0.495 e. The van der Waals surface area contributed by atoms with Gasteiger partial charge in [-0.1, -0.05) is 22.2 Å². The van der Waals surface area contributed by atoms with Crippen molar-refractivity contribution in [1.29, 1.82) is 0 Å². The maximum atomic E-state index is 12.6. The number of aryl methyl sites for hydroxylation is 2. The van der Waals surface area contributed by atoms with E-state index in [2.05, 4.69) is 0 Å². The van der Waals surface area contributed by atoms with Gasteiger partial charge in [0.25, 0.3) is 10.0 Å². The summed E-state index contributed by atoms with van der Waals surface area (Å²) >= 11 is 0. The van der Waals surface area contributed by atoms with E-state index in [0.29, 0.717) is 10.0 Å². The van der Waals surface area contributed by atoms with Crippen LogP contribution in [0.2, 0.25) is 0 Å². The molecule has 8 nitrogen and oxygen atoms in total. The summed E-state index contributed by atoms with van der Waals surface area (Å²) in [6, 6.07) is 9.24. The number of esters is 1. The Balaban J connectivity index is 2.24.